The molecule has 0 saturated carbocycles. The standard InChI is InChI=1S/C7H14N6/c1-4(2)13(3)7-11-5(8)10-6(9)12-7/h4H,1-3H3,(H4,8,9,10,11,12). The molecule has 1 aromatic heterocycles. The van der Waals surface area contributed by atoms with Crippen molar-refractivity contribution in [3.63, 3.8) is 0 Å². The van der Waals surface area contributed by atoms with Crippen LogP contribution in [0.4, 0.5) is 17.8 Å². The van der Waals surface area contributed by atoms with Crippen LogP contribution < -0.4 is 16.4 Å². The highest BCUT2D eigenvalue weighted by Gasteiger charge is 2.09. The molecule has 6 heteroatoms. The summed E-state index contributed by atoms with van der Waals surface area (Å²) >= 11 is 0. The molecule has 1 rings (SSSR count). The van der Waals surface area contributed by atoms with Gasteiger partial charge >= 0.3 is 0 Å². The molecule has 0 amide bonds. The van der Waals surface area contributed by atoms with E-state index in [9.17, 15) is 0 Å². The second kappa shape index (κ2) is 3.42. The van der Waals surface area contributed by atoms with Crippen LogP contribution in [0, 0.1) is 0 Å². The SMILES string of the molecule is CC(C)N(C)c1nc(N)nc(N)n1. The first-order valence-electron chi connectivity index (χ1n) is 4.00. The normalized spacial score (nSPS) is 10.5. The lowest BCUT2D eigenvalue weighted by Crippen LogP contribution is -2.28. The van der Waals surface area contributed by atoms with Crippen LogP contribution in [0.5, 0.6) is 0 Å². The third-order valence-electron chi connectivity index (χ3n) is 1.75. The minimum absolute atomic E-state index is 0.148. The first kappa shape index (κ1) is 9.50. The summed E-state index contributed by atoms with van der Waals surface area (Å²) in [4.78, 5) is 13.5. The average Bonchev–Trinajstić information content (AvgIpc) is 2.01. The van der Waals surface area contributed by atoms with Crippen molar-refractivity contribution in [1.82, 2.24) is 15.0 Å². The number of nitrogens with two attached hydrogens (primary N) is 2. The molecule has 0 fully saturated rings. The number of hydrogen-bond donors (Lipinski definition) is 2. The van der Waals surface area contributed by atoms with E-state index in [1.807, 2.05) is 25.8 Å². The van der Waals surface area contributed by atoms with Crippen LogP contribution in [0.3, 0.4) is 0 Å². The second-order valence-corrected chi connectivity index (χ2v) is 3.06. The van der Waals surface area contributed by atoms with Gasteiger partial charge in [-0.3, -0.25) is 0 Å². The van der Waals surface area contributed by atoms with E-state index in [-0.39, 0.29) is 11.9 Å². The number of nitrogen functional groups attached to an aromatic ring is 2. The molecule has 0 radical (unpaired) electrons. The molecule has 0 saturated heterocycles. The smallest absolute Gasteiger partial charge is 0.231 e. The molecule has 1 aromatic rings. The number of rotatable bonds is 2. The molecular weight excluding hydrogens is 168 g/mol. The van der Waals surface area contributed by atoms with Crippen molar-refractivity contribution in [3.05, 3.63) is 0 Å². The van der Waals surface area contributed by atoms with Gasteiger partial charge in [-0.1, -0.05) is 0 Å². The minimum Gasteiger partial charge on any atom is -0.368 e. The summed E-state index contributed by atoms with van der Waals surface area (Å²) in [6.07, 6.45) is 0. The summed E-state index contributed by atoms with van der Waals surface area (Å²) < 4.78 is 0. The van der Waals surface area contributed by atoms with Gasteiger partial charge in [0, 0.05) is 13.1 Å². The number of aromatic nitrogens is 3. The molecule has 0 unspecified atom stereocenters. The van der Waals surface area contributed by atoms with Gasteiger partial charge in [-0.05, 0) is 13.8 Å². The maximum Gasteiger partial charge on any atom is 0.231 e. The van der Waals surface area contributed by atoms with Crippen LogP contribution in [0.1, 0.15) is 13.8 Å². The van der Waals surface area contributed by atoms with Crippen molar-refractivity contribution >= 4 is 17.8 Å². The molecular formula is C7H14N6. The quantitative estimate of drug-likeness (QED) is 0.662. The van der Waals surface area contributed by atoms with Gasteiger partial charge in [0.25, 0.3) is 0 Å². The number of hydrogen-bond acceptors (Lipinski definition) is 6. The molecule has 1 heterocycles. The Morgan fingerprint density at radius 3 is 1.92 bits per heavy atom. The predicted molar refractivity (Wildman–Crippen MR) is 52.2 cm³/mol. The fourth-order valence-electron chi connectivity index (χ4n) is 0.786. The highest BCUT2D eigenvalue weighted by Crippen LogP contribution is 2.10. The molecule has 0 aliphatic heterocycles. The zero-order chi connectivity index (χ0) is 10.0. The molecule has 0 atom stereocenters. The first-order chi connectivity index (χ1) is 6.00. The summed E-state index contributed by atoms with van der Waals surface area (Å²) in [5.41, 5.74) is 10.9. The first-order valence-corrected chi connectivity index (χ1v) is 4.00. The lowest BCUT2D eigenvalue weighted by molar-refractivity contribution is 0.728. The van der Waals surface area contributed by atoms with Gasteiger partial charge in [-0.25, -0.2) is 0 Å². The van der Waals surface area contributed by atoms with E-state index in [2.05, 4.69) is 15.0 Å². The molecule has 72 valence electrons. The maximum absolute atomic E-state index is 5.43. The Morgan fingerprint density at radius 2 is 1.54 bits per heavy atom. The van der Waals surface area contributed by atoms with Crippen molar-refractivity contribution in [3.8, 4) is 0 Å². The fraction of sp³-hybridized carbons (Fsp3) is 0.571. The van der Waals surface area contributed by atoms with Gasteiger partial charge < -0.3 is 16.4 Å². The molecule has 0 aromatic carbocycles. The summed E-state index contributed by atoms with van der Waals surface area (Å²) in [6.45, 7) is 4.05. The van der Waals surface area contributed by atoms with Gasteiger partial charge in [0.1, 0.15) is 0 Å². The molecule has 13 heavy (non-hydrogen) atoms. The van der Waals surface area contributed by atoms with Crippen molar-refractivity contribution in [2.75, 3.05) is 23.4 Å². The van der Waals surface area contributed by atoms with E-state index < -0.39 is 0 Å². The zero-order valence-corrected chi connectivity index (χ0v) is 8.02. The Bertz CT molecular complexity index is 277. The predicted octanol–water partition coefficient (Wildman–Crippen LogP) is -0.119. The van der Waals surface area contributed by atoms with Gasteiger partial charge in [0.2, 0.25) is 17.8 Å². The summed E-state index contributed by atoms with van der Waals surface area (Å²) in [5, 5.41) is 0. The third kappa shape index (κ3) is 2.17. The molecule has 6 nitrogen and oxygen atoms in total. The monoisotopic (exact) mass is 182 g/mol. The van der Waals surface area contributed by atoms with Crippen LogP contribution >= 0.6 is 0 Å². The largest absolute Gasteiger partial charge is 0.368 e. The van der Waals surface area contributed by atoms with Crippen LogP contribution in [0.2, 0.25) is 0 Å². The Kier molecular flexibility index (Phi) is 2.50. The van der Waals surface area contributed by atoms with E-state index >= 15 is 0 Å². The van der Waals surface area contributed by atoms with Crippen LogP contribution in [0.25, 0.3) is 0 Å². The Hall–Kier alpha value is -1.59. The lowest BCUT2D eigenvalue weighted by Gasteiger charge is -2.21. The third-order valence-corrected chi connectivity index (χ3v) is 1.75. The van der Waals surface area contributed by atoms with Crippen LogP contribution in [-0.2, 0) is 0 Å². The molecule has 0 aliphatic rings. The maximum atomic E-state index is 5.43. The van der Waals surface area contributed by atoms with Gasteiger partial charge in [-0.2, -0.15) is 15.0 Å². The Balaban J connectivity index is 3.01. The second-order valence-electron chi connectivity index (χ2n) is 3.06. The molecule has 4 N–H and O–H groups in total. The molecule has 0 spiro atoms. The highest BCUT2D eigenvalue weighted by atomic mass is 15.3. The summed E-state index contributed by atoms with van der Waals surface area (Å²) in [5.74, 6) is 0.796. The van der Waals surface area contributed by atoms with Crippen LogP contribution in [0.15, 0.2) is 0 Å². The summed E-state index contributed by atoms with van der Waals surface area (Å²) in [6, 6.07) is 0.293. The fourth-order valence-corrected chi connectivity index (χ4v) is 0.786. The van der Waals surface area contributed by atoms with Gasteiger partial charge in [-0.15, -0.1) is 0 Å². The van der Waals surface area contributed by atoms with Crippen molar-refractivity contribution in [1.29, 1.82) is 0 Å². The van der Waals surface area contributed by atoms with E-state index in [4.69, 9.17) is 11.5 Å². The van der Waals surface area contributed by atoms with Crippen LogP contribution in [-0.4, -0.2) is 28.0 Å². The van der Waals surface area contributed by atoms with E-state index in [0.717, 1.165) is 0 Å². The number of nitrogens with zero attached hydrogens (tertiary/aromatic N) is 4. The Morgan fingerprint density at radius 1 is 1.08 bits per heavy atom. The lowest BCUT2D eigenvalue weighted by atomic mass is 10.4. The number of anilines is 3. The average molecular weight is 182 g/mol. The highest BCUT2D eigenvalue weighted by molar-refractivity contribution is 5.39. The van der Waals surface area contributed by atoms with E-state index in [1.54, 1.807) is 0 Å². The van der Waals surface area contributed by atoms with E-state index in [0.29, 0.717) is 12.0 Å². The van der Waals surface area contributed by atoms with E-state index in [1.165, 1.54) is 0 Å². The molecule has 0 bridgehead atoms. The Labute approximate surface area is 77.0 Å². The zero-order valence-electron chi connectivity index (χ0n) is 8.02. The van der Waals surface area contributed by atoms with Gasteiger partial charge in [0.15, 0.2) is 0 Å². The van der Waals surface area contributed by atoms with Crippen molar-refractivity contribution in [2.24, 2.45) is 0 Å². The summed E-state index contributed by atoms with van der Waals surface area (Å²) in [7, 11) is 1.87. The topological polar surface area (TPSA) is 94.0 Å². The van der Waals surface area contributed by atoms with Crippen molar-refractivity contribution in [2.45, 2.75) is 19.9 Å². The minimum atomic E-state index is 0.148. The molecule has 0 aliphatic carbocycles. The van der Waals surface area contributed by atoms with Crippen molar-refractivity contribution < 1.29 is 0 Å². The van der Waals surface area contributed by atoms with Gasteiger partial charge in [0.05, 0.1) is 0 Å².